The number of aryl methyl sites for hydroxylation is 1. The van der Waals surface area contributed by atoms with Crippen molar-refractivity contribution in [1.29, 1.82) is 0 Å². The molecule has 3 rings (SSSR count). The van der Waals surface area contributed by atoms with E-state index in [1.54, 1.807) is 0 Å². The van der Waals surface area contributed by atoms with Crippen molar-refractivity contribution >= 4 is 0 Å². The average molecular weight is 306 g/mol. The Morgan fingerprint density at radius 2 is 1.57 bits per heavy atom. The summed E-state index contributed by atoms with van der Waals surface area (Å²) in [5.41, 5.74) is 4.79. The van der Waals surface area contributed by atoms with Gasteiger partial charge in [-0.2, -0.15) is 5.10 Å². The molecule has 3 aromatic rings. The number of hydrogen-bond acceptors (Lipinski definition) is 2. The normalized spacial score (nSPS) is 10.8. The van der Waals surface area contributed by atoms with Gasteiger partial charge >= 0.3 is 0 Å². The van der Waals surface area contributed by atoms with E-state index in [0.717, 1.165) is 37.3 Å². The third-order valence-corrected chi connectivity index (χ3v) is 3.75. The van der Waals surface area contributed by atoms with Gasteiger partial charge in [-0.3, -0.25) is 5.10 Å². The highest BCUT2D eigenvalue weighted by Gasteiger charge is 2.02. The molecule has 1 N–H and O–H groups in total. The first-order valence-electron chi connectivity index (χ1n) is 8.09. The smallest absolute Gasteiger partial charge is 0.0716 e. The fourth-order valence-corrected chi connectivity index (χ4v) is 2.56. The van der Waals surface area contributed by atoms with Gasteiger partial charge in [-0.1, -0.05) is 60.7 Å². The molecular formula is C20H22N2O. The molecule has 0 aliphatic rings. The standard InChI is InChI=1S/C20H22N2O/c1-3-8-17(9-4-1)14-20-15-19(21-22-20)12-7-13-23-16-18-10-5-2-6-11-18/h1-6,8-11,15H,7,12-14,16H2,(H,21,22). The summed E-state index contributed by atoms with van der Waals surface area (Å²) in [6, 6.07) is 22.9. The lowest BCUT2D eigenvalue weighted by Gasteiger charge is -2.03. The molecule has 23 heavy (non-hydrogen) atoms. The molecular weight excluding hydrogens is 284 g/mol. The molecule has 0 saturated carbocycles. The Morgan fingerprint density at radius 1 is 0.870 bits per heavy atom. The number of aromatic nitrogens is 2. The predicted molar refractivity (Wildman–Crippen MR) is 92.3 cm³/mol. The summed E-state index contributed by atoms with van der Waals surface area (Å²) >= 11 is 0. The number of rotatable bonds is 8. The van der Waals surface area contributed by atoms with Crippen molar-refractivity contribution in [3.63, 3.8) is 0 Å². The van der Waals surface area contributed by atoms with E-state index in [2.05, 4.69) is 52.7 Å². The van der Waals surface area contributed by atoms with Crippen molar-refractivity contribution in [3.05, 3.63) is 89.2 Å². The van der Waals surface area contributed by atoms with Gasteiger partial charge in [0.2, 0.25) is 0 Å². The maximum absolute atomic E-state index is 5.71. The van der Waals surface area contributed by atoms with E-state index < -0.39 is 0 Å². The van der Waals surface area contributed by atoms with Gasteiger partial charge in [-0.05, 0) is 30.0 Å². The van der Waals surface area contributed by atoms with Crippen molar-refractivity contribution < 1.29 is 4.74 Å². The number of H-pyrrole nitrogens is 1. The van der Waals surface area contributed by atoms with E-state index in [1.165, 1.54) is 11.1 Å². The monoisotopic (exact) mass is 306 g/mol. The molecule has 0 amide bonds. The third-order valence-electron chi connectivity index (χ3n) is 3.75. The number of hydrogen-bond donors (Lipinski definition) is 1. The van der Waals surface area contributed by atoms with E-state index in [-0.39, 0.29) is 0 Å². The highest BCUT2D eigenvalue weighted by atomic mass is 16.5. The van der Waals surface area contributed by atoms with Crippen LogP contribution in [0.2, 0.25) is 0 Å². The van der Waals surface area contributed by atoms with Crippen molar-refractivity contribution in [2.24, 2.45) is 0 Å². The summed E-state index contributed by atoms with van der Waals surface area (Å²) in [6.45, 7) is 1.44. The fraction of sp³-hybridized carbons (Fsp3) is 0.250. The van der Waals surface area contributed by atoms with Crippen LogP contribution in [0.3, 0.4) is 0 Å². The van der Waals surface area contributed by atoms with Crippen molar-refractivity contribution in [2.75, 3.05) is 6.61 Å². The van der Waals surface area contributed by atoms with E-state index >= 15 is 0 Å². The quantitative estimate of drug-likeness (QED) is 0.635. The summed E-state index contributed by atoms with van der Waals surface area (Å²) in [6.07, 6.45) is 2.83. The predicted octanol–water partition coefficient (Wildman–Crippen LogP) is 4.15. The lowest BCUT2D eigenvalue weighted by atomic mass is 10.1. The number of nitrogens with one attached hydrogen (secondary N) is 1. The fourth-order valence-electron chi connectivity index (χ4n) is 2.56. The first-order chi connectivity index (χ1) is 11.4. The minimum Gasteiger partial charge on any atom is -0.377 e. The summed E-state index contributed by atoms with van der Waals surface area (Å²) in [4.78, 5) is 0. The van der Waals surface area contributed by atoms with Crippen molar-refractivity contribution in [1.82, 2.24) is 10.2 Å². The number of nitrogens with zero attached hydrogens (tertiary/aromatic N) is 1. The molecule has 0 unspecified atom stereocenters. The van der Waals surface area contributed by atoms with Gasteiger partial charge < -0.3 is 4.74 Å². The van der Waals surface area contributed by atoms with Gasteiger partial charge in [0.15, 0.2) is 0 Å². The zero-order valence-corrected chi connectivity index (χ0v) is 13.2. The number of ether oxygens (including phenoxy) is 1. The Kier molecular flexibility index (Phi) is 5.59. The summed E-state index contributed by atoms with van der Waals surface area (Å²) in [7, 11) is 0. The second-order valence-electron chi connectivity index (χ2n) is 5.69. The topological polar surface area (TPSA) is 37.9 Å². The first-order valence-corrected chi connectivity index (χ1v) is 8.09. The second-order valence-corrected chi connectivity index (χ2v) is 5.69. The van der Waals surface area contributed by atoms with Gasteiger partial charge in [0.25, 0.3) is 0 Å². The van der Waals surface area contributed by atoms with E-state index in [0.29, 0.717) is 6.61 Å². The van der Waals surface area contributed by atoms with Crippen LogP contribution in [-0.2, 0) is 24.2 Å². The highest BCUT2D eigenvalue weighted by molar-refractivity contribution is 5.22. The maximum Gasteiger partial charge on any atom is 0.0716 e. The van der Waals surface area contributed by atoms with Crippen LogP contribution >= 0.6 is 0 Å². The molecule has 118 valence electrons. The molecule has 1 heterocycles. The molecule has 0 atom stereocenters. The Labute approximate surface area is 137 Å². The van der Waals surface area contributed by atoms with Gasteiger partial charge in [0.1, 0.15) is 0 Å². The van der Waals surface area contributed by atoms with Gasteiger partial charge in [0.05, 0.1) is 12.3 Å². The summed E-state index contributed by atoms with van der Waals surface area (Å²) in [5, 5.41) is 7.52. The lowest BCUT2D eigenvalue weighted by molar-refractivity contribution is 0.118. The Morgan fingerprint density at radius 3 is 2.30 bits per heavy atom. The molecule has 0 fully saturated rings. The highest BCUT2D eigenvalue weighted by Crippen LogP contribution is 2.09. The van der Waals surface area contributed by atoms with E-state index in [4.69, 9.17) is 4.74 Å². The Balaban J connectivity index is 1.38. The SMILES string of the molecule is c1ccc(COCCCc2cc(Cc3ccccc3)[nH]n2)cc1. The van der Waals surface area contributed by atoms with Gasteiger partial charge in [-0.25, -0.2) is 0 Å². The molecule has 0 aliphatic heterocycles. The van der Waals surface area contributed by atoms with Crippen LogP contribution in [0.25, 0.3) is 0 Å². The Bertz CT molecular complexity index is 692. The molecule has 0 radical (unpaired) electrons. The van der Waals surface area contributed by atoms with Crippen LogP contribution in [0.15, 0.2) is 66.7 Å². The zero-order chi connectivity index (χ0) is 15.7. The van der Waals surface area contributed by atoms with Crippen LogP contribution in [0, 0.1) is 0 Å². The van der Waals surface area contributed by atoms with Crippen LogP contribution in [-0.4, -0.2) is 16.8 Å². The van der Waals surface area contributed by atoms with Crippen LogP contribution < -0.4 is 0 Å². The average Bonchev–Trinajstić information content (AvgIpc) is 3.04. The van der Waals surface area contributed by atoms with Crippen LogP contribution in [0.4, 0.5) is 0 Å². The zero-order valence-electron chi connectivity index (χ0n) is 13.2. The molecule has 2 aromatic carbocycles. The number of benzene rings is 2. The molecule has 0 aliphatic carbocycles. The Hall–Kier alpha value is -2.39. The van der Waals surface area contributed by atoms with E-state index in [9.17, 15) is 0 Å². The van der Waals surface area contributed by atoms with E-state index in [1.807, 2.05) is 24.3 Å². The van der Waals surface area contributed by atoms with Gasteiger partial charge in [-0.15, -0.1) is 0 Å². The van der Waals surface area contributed by atoms with Crippen molar-refractivity contribution in [3.8, 4) is 0 Å². The van der Waals surface area contributed by atoms with Crippen molar-refractivity contribution in [2.45, 2.75) is 25.9 Å². The number of aromatic amines is 1. The minimum atomic E-state index is 0.681. The second kappa shape index (κ2) is 8.30. The molecule has 0 saturated heterocycles. The van der Waals surface area contributed by atoms with Crippen LogP contribution in [0.5, 0.6) is 0 Å². The van der Waals surface area contributed by atoms with Crippen LogP contribution in [0.1, 0.15) is 28.9 Å². The third kappa shape index (κ3) is 5.08. The molecule has 0 bridgehead atoms. The largest absolute Gasteiger partial charge is 0.377 e. The maximum atomic E-state index is 5.71. The molecule has 1 aromatic heterocycles. The van der Waals surface area contributed by atoms with Gasteiger partial charge in [0, 0.05) is 18.7 Å². The molecule has 0 spiro atoms. The first kappa shape index (κ1) is 15.5. The summed E-state index contributed by atoms with van der Waals surface area (Å²) in [5.74, 6) is 0. The molecule has 3 nitrogen and oxygen atoms in total. The molecule has 3 heteroatoms. The lowest BCUT2D eigenvalue weighted by Crippen LogP contribution is -1.97. The minimum absolute atomic E-state index is 0.681. The summed E-state index contributed by atoms with van der Waals surface area (Å²) < 4.78 is 5.71.